The number of morpholine rings is 1. The predicted molar refractivity (Wildman–Crippen MR) is 158 cm³/mol. The van der Waals surface area contributed by atoms with E-state index in [0.717, 1.165) is 56.5 Å². The third-order valence-corrected chi connectivity index (χ3v) is 13.5. The lowest BCUT2D eigenvalue weighted by Gasteiger charge is -2.62. The number of likely N-dealkylation sites (tertiary alicyclic amines) is 1. The van der Waals surface area contributed by atoms with Crippen LogP contribution in [0, 0.1) is 34.5 Å². The van der Waals surface area contributed by atoms with Crippen LogP contribution < -0.4 is 0 Å². The molecule has 0 amide bonds. The maximum atomic E-state index is 13.0. The van der Waals surface area contributed by atoms with E-state index in [4.69, 9.17) is 14.2 Å². The number of hydrogen-bond donors (Lipinski definition) is 0. The number of esters is 2. The molecule has 0 aromatic carbocycles. The van der Waals surface area contributed by atoms with E-state index in [2.05, 4.69) is 32.7 Å². The van der Waals surface area contributed by atoms with Gasteiger partial charge in [-0.1, -0.05) is 20.8 Å². The first-order chi connectivity index (χ1) is 19.6. The third-order valence-electron chi connectivity index (χ3n) is 13.5. The lowest BCUT2D eigenvalue weighted by Crippen LogP contribution is -2.61. The predicted octanol–water partition coefficient (Wildman–Crippen LogP) is 5.20. The average Bonchev–Trinajstić information content (AvgIpc) is 3.51. The Morgan fingerprint density at radius 2 is 1.71 bits per heavy atom. The number of likely N-dealkylation sites (N-methyl/N-ethyl adjacent to an activating group) is 1. The quantitative estimate of drug-likeness (QED) is 0.321. The van der Waals surface area contributed by atoms with Gasteiger partial charge in [-0.05, 0) is 74.0 Å². The van der Waals surface area contributed by atoms with Crippen LogP contribution in [0.15, 0.2) is 0 Å². The van der Waals surface area contributed by atoms with Crippen molar-refractivity contribution in [1.29, 1.82) is 0 Å². The zero-order valence-corrected chi connectivity index (χ0v) is 26.6. The number of hydrogen-bond acceptors (Lipinski definition) is 6. The van der Waals surface area contributed by atoms with E-state index in [1.54, 1.807) is 6.92 Å². The van der Waals surface area contributed by atoms with Crippen LogP contribution in [0.5, 0.6) is 0 Å². The summed E-state index contributed by atoms with van der Waals surface area (Å²) in [7, 11) is 2.46. The Hall–Kier alpha value is -1.18. The monoisotopic (exact) mass is 573 g/mol. The minimum atomic E-state index is -0.141. The van der Waals surface area contributed by atoms with Crippen LogP contribution in [0.1, 0.15) is 98.3 Å². The van der Waals surface area contributed by atoms with Gasteiger partial charge in [-0.3, -0.25) is 14.5 Å². The van der Waals surface area contributed by atoms with Gasteiger partial charge in [-0.25, -0.2) is 0 Å². The molecule has 232 valence electrons. The number of ether oxygens (including phenoxy) is 3. The minimum Gasteiger partial charge on any atom is -0.461 e. The fourth-order valence-electron chi connectivity index (χ4n) is 11.4. The molecule has 4 aliphatic carbocycles. The highest BCUT2D eigenvalue weighted by molar-refractivity contribution is 5.69. The summed E-state index contributed by atoms with van der Waals surface area (Å²) < 4.78 is 19.4. The van der Waals surface area contributed by atoms with E-state index < -0.39 is 0 Å². The molecular formula is C34H57N2O5+. The van der Waals surface area contributed by atoms with Crippen LogP contribution >= 0.6 is 0 Å². The Morgan fingerprint density at radius 3 is 2.39 bits per heavy atom. The van der Waals surface area contributed by atoms with Crippen molar-refractivity contribution in [1.82, 2.24) is 4.90 Å². The van der Waals surface area contributed by atoms with Gasteiger partial charge in [0.05, 0.1) is 33.4 Å². The summed E-state index contributed by atoms with van der Waals surface area (Å²) in [6, 6.07) is 0.711. The minimum absolute atomic E-state index is 0.00748. The second-order valence-corrected chi connectivity index (χ2v) is 15.6. The molecule has 4 saturated carbocycles. The molecule has 10 atom stereocenters. The maximum absolute atomic E-state index is 13.0. The van der Waals surface area contributed by atoms with Crippen molar-refractivity contribution in [2.45, 2.75) is 123 Å². The first-order valence-electron chi connectivity index (χ1n) is 17.1. The summed E-state index contributed by atoms with van der Waals surface area (Å²) in [5.74, 6) is 2.48. The van der Waals surface area contributed by atoms with Crippen molar-refractivity contribution in [3.8, 4) is 0 Å². The molecule has 0 N–H and O–H groups in total. The van der Waals surface area contributed by atoms with Gasteiger partial charge in [0.1, 0.15) is 12.1 Å². The van der Waals surface area contributed by atoms with Crippen LogP contribution in [0.3, 0.4) is 0 Å². The fraction of sp³-hybridized carbons (Fsp3) is 0.941. The highest BCUT2D eigenvalue weighted by Gasteiger charge is 2.67. The Bertz CT molecular complexity index is 976. The second-order valence-electron chi connectivity index (χ2n) is 15.6. The lowest BCUT2D eigenvalue weighted by molar-refractivity contribution is -0.924. The molecule has 2 aliphatic heterocycles. The molecule has 0 aromatic rings. The number of carbonyl (C=O) groups is 2. The summed E-state index contributed by atoms with van der Waals surface area (Å²) in [6.45, 7) is 14.6. The second kappa shape index (κ2) is 11.4. The van der Waals surface area contributed by atoms with Gasteiger partial charge in [0, 0.05) is 57.2 Å². The number of fused-ring (bicyclic) bond motifs is 5. The summed E-state index contributed by atoms with van der Waals surface area (Å²) >= 11 is 0. The number of carbonyl (C=O) groups excluding carboxylic acids is 2. The highest BCUT2D eigenvalue weighted by Crippen LogP contribution is 2.67. The SMILES string of the molecule is CCCC(=O)O[C@H]1[C@@H]([N+]2(C)CCCC2)CC2C3CC[C@H]4C[C@H](OC(C)=O)[C@@H](N5CCOCC5)C[C@]4(C)C3CC[C@@]21C. The van der Waals surface area contributed by atoms with Crippen LogP contribution in [-0.2, 0) is 23.8 Å². The molecule has 6 aliphatic rings. The average molecular weight is 574 g/mol. The van der Waals surface area contributed by atoms with Gasteiger partial charge in [-0.15, -0.1) is 0 Å². The Balaban J connectivity index is 1.28. The number of quaternary nitrogens is 1. The third kappa shape index (κ3) is 5.18. The molecule has 6 fully saturated rings. The standard InChI is InChI=1S/C34H57N2O5/c1-6-9-31(38)41-32-29(36(5)16-7-8-17-36)21-27-25-11-10-24-20-30(40-23(2)37)28(35-14-18-39-19-15-35)22-34(24,4)26(25)12-13-33(27,32)3/h24-30,32H,6-22H2,1-5H3/q+1/t24-,25?,26?,27?,28-,29-,30-,32-,33-,34-/m0/s1. The molecule has 0 radical (unpaired) electrons. The largest absolute Gasteiger partial charge is 0.461 e. The zero-order valence-electron chi connectivity index (χ0n) is 26.6. The van der Waals surface area contributed by atoms with E-state index in [9.17, 15) is 9.59 Å². The van der Waals surface area contributed by atoms with E-state index in [-0.39, 0.29) is 41.0 Å². The molecule has 7 nitrogen and oxygen atoms in total. The fourth-order valence-corrected chi connectivity index (χ4v) is 11.4. The van der Waals surface area contributed by atoms with Crippen LogP contribution in [0.25, 0.3) is 0 Å². The van der Waals surface area contributed by atoms with E-state index >= 15 is 0 Å². The topological polar surface area (TPSA) is 65.1 Å². The van der Waals surface area contributed by atoms with E-state index in [0.29, 0.717) is 36.1 Å². The van der Waals surface area contributed by atoms with Gasteiger partial charge in [0.2, 0.25) is 0 Å². The molecule has 6 rings (SSSR count). The van der Waals surface area contributed by atoms with Gasteiger partial charge >= 0.3 is 11.9 Å². The molecule has 0 bridgehead atoms. The van der Waals surface area contributed by atoms with E-state index in [1.165, 1.54) is 51.6 Å². The lowest BCUT2D eigenvalue weighted by atomic mass is 9.44. The Kier molecular flexibility index (Phi) is 8.30. The Morgan fingerprint density at radius 1 is 0.976 bits per heavy atom. The maximum Gasteiger partial charge on any atom is 0.306 e. The first-order valence-corrected chi connectivity index (χ1v) is 17.1. The number of nitrogens with zero attached hydrogens (tertiary/aromatic N) is 2. The zero-order chi connectivity index (χ0) is 29.0. The highest BCUT2D eigenvalue weighted by atomic mass is 16.5. The van der Waals surface area contributed by atoms with Crippen molar-refractivity contribution in [3.63, 3.8) is 0 Å². The molecule has 3 unspecified atom stereocenters. The van der Waals surface area contributed by atoms with Gasteiger partial charge in [0.25, 0.3) is 0 Å². The van der Waals surface area contributed by atoms with Crippen LogP contribution in [-0.4, -0.2) is 92.1 Å². The molecular weight excluding hydrogens is 516 g/mol. The molecule has 7 heteroatoms. The summed E-state index contributed by atoms with van der Waals surface area (Å²) in [5, 5.41) is 0. The molecule has 0 spiro atoms. The Labute approximate surface area is 248 Å². The number of rotatable bonds is 6. The molecule has 2 heterocycles. The van der Waals surface area contributed by atoms with Crippen molar-refractivity contribution < 1.29 is 28.3 Å². The summed E-state index contributed by atoms with van der Waals surface area (Å²) in [6.07, 6.45) is 12.2. The van der Waals surface area contributed by atoms with Crippen LogP contribution in [0.2, 0.25) is 0 Å². The summed E-state index contributed by atoms with van der Waals surface area (Å²) in [5.41, 5.74) is 0.323. The van der Waals surface area contributed by atoms with Crippen molar-refractivity contribution >= 4 is 11.9 Å². The van der Waals surface area contributed by atoms with Crippen LogP contribution in [0.4, 0.5) is 0 Å². The molecule has 0 aromatic heterocycles. The van der Waals surface area contributed by atoms with Crippen molar-refractivity contribution in [2.24, 2.45) is 34.5 Å². The van der Waals surface area contributed by atoms with Gasteiger partial charge in [-0.2, -0.15) is 0 Å². The molecule has 2 saturated heterocycles. The van der Waals surface area contributed by atoms with Crippen molar-refractivity contribution in [2.75, 3.05) is 46.4 Å². The van der Waals surface area contributed by atoms with E-state index in [1.807, 2.05) is 0 Å². The van der Waals surface area contributed by atoms with Crippen molar-refractivity contribution in [3.05, 3.63) is 0 Å². The normalized spacial score (nSPS) is 45.8. The summed E-state index contributed by atoms with van der Waals surface area (Å²) in [4.78, 5) is 27.8. The van der Waals surface area contributed by atoms with Gasteiger partial charge < -0.3 is 18.7 Å². The smallest absolute Gasteiger partial charge is 0.306 e. The first kappa shape index (κ1) is 29.9. The van der Waals surface area contributed by atoms with Gasteiger partial charge in [0.15, 0.2) is 6.10 Å². The molecule has 41 heavy (non-hydrogen) atoms.